The van der Waals surface area contributed by atoms with Crippen LogP contribution in [0.25, 0.3) is 0 Å². The van der Waals surface area contributed by atoms with Crippen molar-refractivity contribution in [3.63, 3.8) is 0 Å². The molecule has 0 saturated heterocycles. The molecule has 0 aliphatic carbocycles. The van der Waals surface area contributed by atoms with E-state index in [1.165, 1.54) is 26.1 Å². The van der Waals surface area contributed by atoms with Crippen LogP contribution in [-0.4, -0.2) is 28.4 Å². The highest BCUT2D eigenvalue weighted by Crippen LogP contribution is 2.29. The molecule has 0 unspecified atom stereocenters. The maximum absolute atomic E-state index is 13.8. The van der Waals surface area contributed by atoms with E-state index in [9.17, 15) is 14.0 Å². The standard InChI is InChI=1S/C13H12FN3O3S/c1-6-10(13(19)20)12(21-16-6)17(2)11(18)8-4-3-7(15)5-9(8)14/h3-5H,15H2,1-2H3,(H,19,20). The van der Waals surface area contributed by atoms with Crippen molar-refractivity contribution in [1.82, 2.24) is 4.37 Å². The molecule has 0 radical (unpaired) electrons. The van der Waals surface area contributed by atoms with Crippen LogP contribution in [0.5, 0.6) is 0 Å². The Bertz CT molecular complexity index is 729. The summed E-state index contributed by atoms with van der Waals surface area (Å²) in [5.41, 5.74) is 5.69. The van der Waals surface area contributed by atoms with Crippen molar-refractivity contribution in [2.75, 3.05) is 17.7 Å². The third-order valence-corrected chi connectivity index (χ3v) is 3.91. The fraction of sp³-hybridized carbons (Fsp3) is 0.154. The van der Waals surface area contributed by atoms with Crippen LogP contribution in [0, 0.1) is 12.7 Å². The number of nitrogen functional groups attached to an aromatic ring is 1. The number of carbonyl (C=O) groups excluding carboxylic acids is 1. The van der Waals surface area contributed by atoms with Crippen LogP contribution in [0.4, 0.5) is 15.1 Å². The van der Waals surface area contributed by atoms with Gasteiger partial charge in [0.2, 0.25) is 0 Å². The fourth-order valence-electron chi connectivity index (χ4n) is 1.81. The normalized spacial score (nSPS) is 10.4. The second-order valence-corrected chi connectivity index (χ2v) is 5.11. The minimum atomic E-state index is -1.19. The zero-order valence-corrected chi connectivity index (χ0v) is 12.1. The van der Waals surface area contributed by atoms with Crippen LogP contribution in [0.3, 0.4) is 0 Å². The molecule has 1 aromatic heterocycles. The molecule has 0 atom stereocenters. The lowest BCUT2D eigenvalue weighted by Crippen LogP contribution is -2.27. The molecule has 0 bridgehead atoms. The van der Waals surface area contributed by atoms with Gasteiger partial charge in [0.05, 0.1) is 11.3 Å². The first-order valence-electron chi connectivity index (χ1n) is 5.85. The molecule has 2 aromatic rings. The number of benzene rings is 1. The number of carboxylic acids is 1. The van der Waals surface area contributed by atoms with Crippen molar-refractivity contribution in [2.24, 2.45) is 0 Å². The lowest BCUT2D eigenvalue weighted by Gasteiger charge is -2.16. The number of anilines is 2. The number of aryl methyl sites for hydroxylation is 1. The summed E-state index contributed by atoms with van der Waals surface area (Å²) < 4.78 is 17.7. The lowest BCUT2D eigenvalue weighted by atomic mass is 10.1. The molecule has 0 fully saturated rings. The SMILES string of the molecule is Cc1nsc(N(C)C(=O)c2ccc(N)cc2F)c1C(=O)O. The molecule has 1 amide bonds. The van der Waals surface area contributed by atoms with E-state index in [0.717, 1.165) is 22.5 Å². The summed E-state index contributed by atoms with van der Waals surface area (Å²) in [5, 5.41) is 9.32. The number of rotatable bonds is 3. The third kappa shape index (κ3) is 2.70. The number of carbonyl (C=O) groups is 2. The van der Waals surface area contributed by atoms with Gasteiger partial charge in [-0.15, -0.1) is 0 Å². The van der Waals surface area contributed by atoms with E-state index in [4.69, 9.17) is 10.8 Å². The number of halogens is 1. The minimum Gasteiger partial charge on any atom is -0.478 e. The Hall–Kier alpha value is -2.48. The van der Waals surface area contributed by atoms with Crippen LogP contribution in [0.2, 0.25) is 0 Å². The van der Waals surface area contributed by atoms with Crippen LogP contribution in [-0.2, 0) is 0 Å². The van der Waals surface area contributed by atoms with Gasteiger partial charge in [-0.2, -0.15) is 4.37 Å². The van der Waals surface area contributed by atoms with E-state index in [1.54, 1.807) is 0 Å². The third-order valence-electron chi connectivity index (χ3n) is 2.89. The van der Waals surface area contributed by atoms with Gasteiger partial charge in [0.1, 0.15) is 16.4 Å². The molecule has 1 heterocycles. The Morgan fingerprint density at radius 2 is 2.10 bits per heavy atom. The van der Waals surface area contributed by atoms with E-state index in [1.807, 2.05) is 0 Å². The summed E-state index contributed by atoms with van der Waals surface area (Å²) in [6, 6.07) is 3.70. The van der Waals surface area contributed by atoms with Crippen LogP contribution >= 0.6 is 11.5 Å². The summed E-state index contributed by atoms with van der Waals surface area (Å²) in [6.45, 7) is 1.53. The molecule has 0 spiro atoms. The van der Waals surface area contributed by atoms with E-state index < -0.39 is 17.7 Å². The molecule has 110 valence electrons. The van der Waals surface area contributed by atoms with Gasteiger partial charge in [-0.3, -0.25) is 4.79 Å². The van der Waals surface area contributed by atoms with Gasteiger partial charge < -0.3 is 15.7 Å². The minimum absolute atomic E-state index is 0.0632. The number of aromatic nitrogens is 1. The van der Waals surface area contributed by atoms with Crippen LogP contribution in [0.15, 0.2) is 18.2 Å². The number of aromatic carboxylic acids is 1. The highest BCUT2D eigenvalue weighted by Gasteiger charge is 2.26. The Balaban J connectivity index is 2.42. The Kier molecular flexibility index (Phi) is 3.90. The number of hydrogen-bond acceptors (Lipinski definition) is 5. The van der Waals surface area contributed by atoms with E-state index in [-0.39, 0.29) is 21.8 Å². The molecule has 2 rings (SSSR count). The van der Waals surface area contributed by atoms with Gasteiger partial charge in [-0.1, -0.05) is 0 Å². The van der Waals surface area contributed by atoms with Gasteiger partial charge in [0.15, 0.2) is 0 Å². The summed E-state index contributed by atoms with van der Waals surface area (Å²) >= 11 is 0.872. The maximum atomic E-state index is 13.8. The largest absolute Gasteiger partial charge is 0.478 e. The molecular weight excluding hydrogens is 297 g/mol. The first-order valence-corrected chi connectivity index (χ1v) is 6.63. The predicted octanol–water partition coefficient (Wildman–Crippen LogP) is 2.15. The number of nitrogens with zero attached hydrogens (tertiary/aromatic N) is 2. The van der Waals surface area contributed by atoms with Crippen molar-refractivity contribution in [1.29, 1.82) is 0 Å². The molecule has 3 N–H and O–H groups in total. The highest BCUT2D eigenvalue weighted by atomic mass is 32.1. The molecule has 0 aliphatic heterocycles. The van der Waals surface area contributed by atoms with Crippen molar-refractivity contribution < 1.29 is 19.1 Å². The summed E-state index contributed by atoms with van der Waals surface area (Å²) in [4.78, 5) is 24.6. The summed E-state index contributed by atoms with van der Waals surface area (Å²) in [7, 11) is 1.37. The maximum Gasteiger partial charge on any atom is 0.340 e. The van der Waals surface area contributed by atoms with Crippen molar-refractivity contribution in [3.8, 4) is 0 Å². The van der Waals surface area contributed by atoms with E-state index in [0.29, 0.717) is 5.69 Å². The monoisotopic (exact) mass is 309 g/mol. The lowest BCUT2D eigenvalue weighted by molar-refractivity contribution is 0.0697. The first kappa shape index (κ1) is 14.9. The van der Waals surface area contributed by atoms with Crippen molar-refractivity contribution >= 4 is 34.1 Å². The average molecular weight is 309 g/mol. The summed E-state index contributed by atoms with van der Waals surface area (Å²) in [6.07, 6.45) is 0. The predicted molar refractivity (Wildman–Crippen MR) is 77.4 cm³/mol. The van der Waals surface area contributed by atoms with Crippen molar-refractivity contribution in [3.05, 3.63) is 40.8 Å². The topological polar surface area (TPSA) is 96.5 Å². The fourth-order valence-corrected chi connectivity index (χ4v) is 2.66. The van der Waals surface area contributed by atoms with Crippen molar-refractivity contribution in [2.45, 2.75) is 6.92 Å². The molecule has 0 saturated carbocycles. The Morgan fingerprint density at radius 1 is 1.43 bits per heavy atom. The van der Waals surface area contributed by atoms with Crippen LogP contribution in [0.1, 0.15) is 26.4 Å². The Labute approximate surface area is 123 Å². The molecule has 1 aromatic carbocycles. The second kappa shape index (κ2) is 5.49. The second-order valence-electron chi connectivity index (χ2n) is 4.36. The van der Waals surface area contributed by atoms with Gasteiger partial charge in [-0.25, -0.2) is 9.18 Å². The van der Waals surface area contributed by atoms with Gasteiger partial charge in [0, 0.05) is 12.7 Å². The smallest absolute Gasteiger partial charge is 0.340 e. The van der Waals surface area contributed by atoms with Gasteiger partial charge in [-0.05, 0) is 36.7 Å². The van der Waals surface area contributed by atoms with Gasteiger partial charge >= 0.3 is 5.97 Å². The molecular formula is C13H12FN3O3S. The Morgan fingerprint density at radius 3 is 2.67 bits per heavy atom. The molecule has 6 nitrogen and oxygen atoms in total. The van der Waals surface area contributed by atoms with Gasteiger partial charge in [0.25, 0.3) is 5.91 Å². The van der Waals surface area contributed by atoms with E-state index >= 15 is 0 Å². The molecule has 8 heteroatoms. The highest BCUT2D eigenvalue weighted by molar-refractivity contribution is 7.11. The zero-order valence-electron chi connectivity index (χ0n) is 11.3. The average Bonchev–Trinajstić information content (AvgIpc) is 2.79. The zero-order chi connectivity index (χ0) is 15.7. The quantitative estimate of drug-likeness (QED) is 0.847. The molecule has 0 aliphatic rings. The number of amides is 1. The first-order chi connectivity index (χ1) is 9.82. The number of hydrogen-bond donors (Lipinski definition) is 2. The molecule has 21 heavy (non-hydrogen) atoms. The van der Waals surface area contributed by atoms with E-state index in [2.05, 4.69) is 4.37 Å². The summed E-state index contributed by atoms with van der Waals surface area (Å²) in [5.74, 6) is -2.61. The number of nitrogens with two attached hydrogens (primary N) is 1. The number of carboxylic acid groups (broad SMARTS) is 1. The van der Waals surface area contributed by atoms with Crippen LogP contribution < -0.4 is 10.6 Å².